The van der Waals surface area contributed by atoms with E-state index in [1.807, 2.05) is 42.5 Å². The van der Waals surface area contributed by atoms with Crippen molar-refractivity contribution in [2.45, 2.75) is 0 Å². The molecule has 0 unspecified atom stereocenters. The fraction of sp³-hybridized carbons (Fsp3) is 0. The van der Waals surface area contributed by atoms with E-state index in [9.17, 15) is 4.79 Å². The standard InChI is InChI=1S/C14H13N3O/c1-2-13(18)17-14(15)16-12-8-7-10-5-3-4-6-11(10)9-12/h2-9H,1H2,(H3,15,16,17,18). The van der Waals surface area contributed by atoms with E-state index in [-0.39, 0.29) is 5.96 Å². The first kappa shape index (κ1) is 11.9. The Morgan fingerprint density at radius 1 is 1.22 bits per heavy atom. The number of anilines is 1. The quantitative estimate of drug-likeness (QED) is 0.480. The van der Waals surface area contributed by atoms with Gasteiger partial charge in [0, 0.05) is 5.69 Å². The zero-order chi connectivity index (χ0) is 13.0. The SMILES string of the molecule is C=CC(=O)N=C(N)Nc1ccc2ccccc2c1. The second kappa shape index (κ2) is 5.14. The molecular formula is C14H13N3O. The lowest BCUT2D eigenvalue weighted by Gasteiger charge is -2.06. The van der Waals surface area contributed by atoms with Gasteiger partial charge in [-0.15, -0.1) is 0 Å². The highest BCUT2D eigenvalue weighted by Gasteiger charge is 1.99. The molecule has 3 N–H and O–H groups in total. The van der Waals surface area contributed by atoms with E-state index < -0.39 is 5.91 Å². The average Bonchev–Trinajstić information content (AvgIpc) is 2.38. The van der Waals surface area contributed by atoms with Crippen LogP contribution in [0.3, 0.4) is 0 Å². The van der Waals surface area contributed by atoms with Crippen LogP contribution in [0.4, 0.5) is 5.69 Å². The van der Waals surface area contributed by atoms with Crippen molar-refractivity contribution in [3.8, 4) is 0 Å². The molecule has 0 saturated heterocycles. The summed E-state index contributed by atoms with van der Waals surface area (Å²) in [5.74, 6) is -0.420. The first-order valence-electron chi connectivity index (χ1n) is 5.45. The van der Waals surface area contributed by atoms with Gasteiger partial charge in [0.1, 0.15) is 0 Å². The number of aliphatic imine (C=N–C) groups is 1. The summed E-state index contributed by atoms with van der Waals surface area (Å²) in [4.78, 5) is 14.6. The van der Waals surface area contributed by atoms with Gasteiger partial charge >= 0.3 is 0 Å². The number of amides is 1. The number of nitrogens with two attached hydrogens (primary N) is 1. The Kier molecular flexibility index (Phi) is 3.38. The third-order valence-corrected chi connectivity index (χ3v) is 2.43. The monoisotopic (exact) mass is 239 g/mol. The summed E-state index contributed by atoms with van der Waals surface area (Å²) in [5.41, 5.74) is 6.38. The van der Waals surface area contributed by atoms with E-state index >= 15 is 0 Å². The molecule has 0 aliphatic carbocycles. The van der Waals surface area contributed by atoms with Crippen molar-refractivity contribution in [2.24, 2.45) is 10.7 Å². The predicted octanol–water partition coefficient (Wildman–Crippen LogP) is 2.28. The molecule has 18 heavy (non-hydrogen) atoms. The molecule has 0 atom stereocenters. The Bertz CT molecular complexity index is 632. The van der Waals surface area contributed by atoms with Crippen LogP contribution in [0, 0.1) is 0 Å². The third kappa shape index (κ3) is 2.74. The van der Waals surface area contributed by atoms with Crippen LogP contribution in [0.15, 0.2) is 60.1 Å². The molecule has 1 amide bonds. The Hall–Kier alpha value is -2.62. The van der Waals surface area contributed by atoms with E-state index in [1.165, 1.54) is 0 Å². The predicted molar refractivity (Wildman–Crippen MR) is 74.4 cm³/mol. The molecule has 0 aromatic heterocycles. The summed E-state index contributed by atoms with van der Waals surface area (Å²) in [6.45, 7) is 3.32. The molecule has 0 fully saturated rings. The van der Waals surface area contributed by atoms with E-state index in [4.69, 9.17) is 5.73 Å². The van der Waals surface area contributed by atoms with Gasteiger partial charge in [-0.2, -0.15) is 4.99 Å². The summed E-state index contributed by atoms with van der Waals surface area (Å²) < 4.78 is 0. The van der Waals surface area contributed by atoms with Crippen LogP contribution >= 0.6 is 0 Å². The number of nitrogens with zero attached hydrogens (tertiary/aromatic N) is 1. The van der Waals surface area contributed by atoms with Crippen molar-refractivity contribution in [1.82, 2.24) is 0 Å². The summed E-state index contributed by atoms with van der Waals surface area (Å²) in [6.07, 6.45) is 1.11. The van der Waals surface area contributed by atoms with Crippen molar-refractivity contribution in [1.29, 1.82) is 0 Å². The molecular weight excluding hydrogens is 226 g/mol. The van der Waals surface area contributed by atoms with Gasteiger partial charge in [-0.05, 0) is 29.0 Å². The highest BCUT2D eigenvalue weighted by molar-refractivity contribution is 6.03. The number of guanidine groups is 1. The number of fused-ring (bicyclic) bond motifs is 1. The Balaban J connectivity index is 2.24. The van der Waals surface area contributed by atoms with Gasteiger partial charge < -0.3 is 11.1 Å². The minimum absolute atomic E-state index is 0.0511. The van der Waals surface area contributed by atoms with Crippen LogP contribution in [0.25, 0.3) is 10.8 Å². The number of rotatable bonds is 2. The maximum atomic E-state index is 11.0. The summed E-state index contributed by atoms with van der Waals surface area (Å²) in [7, 11) is 0. The molecule has 0 bridgehead atoms. The Labute approximate surface area is 105 Å². The summed E-state index contributed by atoms with van der Waals surface area (Å²) in [6, 6.07) is 13.8. The molecule has 2 aromatic rings. The van der Waals surface area contributed by atoms with Crippen LogP contribution in [0.1, 0.15) is 0 Å². The highest BCUT2D eigenvalue weighted by atomic mass is 16.1. The molecule has 0 spiro atoms. The van der Waals surface area contributed by atoms with Crippen LogP contribution in [0.2, 0.25) is 0 Å². The van der Waals surface area contributed by atoms with Crippen molar-refractivity contribution in [3.63, 3.8) is 0 Å². The Morgan fingerprint density at radius 3 is 2.67 bits per heavy atom. The van der Waals surface area contributed by atoms with Crippen LogP contribution in [0.5, 0.6) is 0 Å². The van der Waals surface area contributed by atoms with E-state index in [0.29, 0.717) is 0 Å². The Morgan fingerprint density at radius 2 is 1.94 bits per heavy atom. The van der Waals surface area contributed by atoms with Crippen LogP contribution in [-0.4, -0.2) is 11.9 Å². The fourth-order valence-electron chi connectivity index (χ4n) is 1.61. The van der Waals surface area contributed by atoms with Gasteiger partial charge in [0.05, 0.1) is 0 Å². The molecule has 0 radical (unpaired) electrons. The van der Waals surface area contributed by atoms with E-state index in [2.05, 4.69) is 16.9 Å². The third-order valence-electron chi connectivity index (χ3n) is 2.43. The van der Waals surface area contributed by atoms with Gasteiger partial charge in [0.15, 0.2) is 0 Å². The zero-order valence-electron chi connectivity index (χ0n) is 9.76. The lowest BCUT2D eigenvalue weighted by atomic mass is 10.1. The van der Waals surface area contributed by atoms with E-state index in [0.717, 1.165) is 22.5 Å². The molecule has 90 valence electrons. The summed E-state index contributed by atoms with van der Waals surface area (Å²) in [5, 5.41) is 5.09. The smallest absolute Gasteiger partial charge is 0.272 e. The first-order chi connectivity index (χ1) is 8.69. The van der Waals surface area contributed by atoms with Gasteiger partial charge in [-0.25, -0.2) is 0 Å². The van der Waals surface area contributed by atoms with Crippen molar-refractivity contribution < 1.29 is 4.79 Å². The number of benzene rings is 2. The molecule has 0 aliphatic rings. The fourth-order valence-corrected chi connectivity index (χ4v) is 1.61. The minimum atomic E-state index is -0.471. The molecule has 4 heteroatoms. The molecule has 2 rings (SSSR count). The van der Waals surface area contributed by atoms with E-state index in [1.54, 1.807) is 0 Å². The highest BCUT2D eigenvalue weighted by Crippen LogP contribution is 2.18. The molecule has 0 saturated carbocycles. The van der Waals surface area contributed by atoms with Gasteiger partial charge in [-0.1, -0.05) is 36.9 Å². The number of hydrogen-bond acceptors (Lipinski definition) is 1. The zero-order valence-corrected chi connectivity index (χ0v) is 9.76. The number of carbonyl (C=O) groups excluding carboxylic acids is 1. The maximum absolute atomic E-state index is 11.0. The van der Waals surface area contributed by atoms with Crippen molar-refractivity contribution in [3.05, 3.63) is 55.1 Å². The van der Waals surface area contributed by atoms with Crippen molar-refractivity contribution >= 4 is 28.3 Å². The number of nitrogens with one attached hydrogen (secondary N) is 1. The van der Waals surface area contributed by atoms with Gasteiger partial charge in [0.25, 0.3) is 5.91 Å². The van der Waals surface area contributed by atoms with Gasteiger partial charge in [0.2, 0.25) is 5.96 Å². The van der Waals surface area contributed by atoms with Crippen LogP contribution < -0.4 is 11.1 Å². The number of hydrogen-bond donors (Lipinski definition) is 2. The second-order valence-electron chi connectivity index (χ2n) is 3.73. The normalized spacial score (nSPS) is 11.2. The van der Waals surface area contributed by atoms with Crippen molar-refractivity contribution in [2.75, 3.05) is 5.32 Å². The first-order valence-corrected chi connectivity index (χ1v) is 5.45. The summed E-state index contributed by atoms with van der Waals surface area (Å²) >= 11 is 0. The number of carbonyl (C=O) groups is 1. The molecule has 0 heterocycles. The topological polar surface area (TPSA) is 67.5 Å². The lowest BCUT2D eigenvalue weighted by Crippen LogP contribution is -2.23. The molecule has 0 aliphatic heterocycles. The minimum Gasteiger partial charge on any atom is -0.369 e. The van der Waals surface area contributed by atoms with Gasteiger partial charge in [-0.3, -0.25) is 4.79 Å². The average molecular weight is 239 g/mol. The maximum Gasteiger partial charge on any atom is 0.272 e. The largest absolute Gasteiger partial charge is 0.369 e. The second-order valence-corrected chi connectivity index (χ2v) is 3.73. The van der Waals surface area contributed by atoms with Crippen LogP contribution in [-0.2, 0) is 4.79 Å². The lowest BCUT2D eigenvalue weighted by molar-refractivity contribution is -0.113. The molecule has 2 aromatic carbocycles. The molecule has 4 nitrogen and oxygen atoms in total.